The van der Waals surface area contributed by atoms with Gasteiger partial charge in [-0.3, -0.25) is 4.84 Å². The van der Waals surface area contributed by atoms with Gasteiger partial charge in [-0.05, 0) is 25.8 Å². The van der Waals surface area contributed by atoms with E-state index in [9.17, 15) is 0 Å². The first-order valence-electron chi connectivity index (χ1n) is 6.69. The lowest BCUT2D eigenvalue weighted by atomic mass is 10.1. The molecule has 0 spiro atoms. The Labute approximate surface area is 105 Å². The van der Waals surface area contributed by atoms with Gasteiger partial charge >= 0.3 is 0 Å². The highest BCUT2D eigenvalue weighted by Crippen LogP contribution is 2.04. The molecule has 2 nitrogen and oxygen atoms in total. The Balaban J connectivity index is 2.41. The van der Waals surface area contributed by atoms with Crippen molar-refractivity contribution in [3.8, 4) is 0 Å². The van der Waals surface area contributed by atoms with E-state index in [1.807, 2.05) is 30.0 Å². The molecule has 94 valence electrons. The van der Waals surface area contributed by atoms with Crippen LogP contribution in [0.3, 0.4) is 0 Å². The first-order chi connectivity index (χ1) is 8.38. The minimum Gasteiger partial charge on any atom is -0.271 e. The first-order valence-corrected chi connectivity index (χ1v) is 6.69. The molecule has 0 unspecified atom stereocenters. The molecule has 1 aromatic heterocycles. The van der Waals surface area contributed by atoms with Crippen LogP contribution in [0.15, 0.2) is 30.5 Å². The third kappa shape index (κ3) is 5.53. The summed E-state index contributed by atoms with van der Waals surface area (Å²) in [6, 6.07) is 6.08. The second-order valence-corrected chi connectivity index (χ2v) is 4.12. The summed E-state index contributed by atoms with van der Waals surface area (Å²) in [4.78, 5) is 5.50. The van der Waals surface area contributed by atoms with Crippen LogP contribution < -0.4 is 9.57 Å². The highest BCUT2D eigenvalue weighted by atomic mass is 16.7. The van der Waals surface area contributed by atoms with Crippen LogP contribution in [0.1, 0.15) is 51.6 Å². The molecular formula is C15H24NO+. The summed E-state index contributed by atoms with van der Waals surface area (Å²) in [5, 5.41) is 0. The average molecular weight is 234 g/mol. The summed E-state index contributed by atoms with van der Waals surface area (Å²) in [6.07, 6.45) is 12.7. The Kier molecular flexibility index (Phi) is 7.12. The van der Waals surface area contributed by atoms with E-state index in [0.29, 0.717) is 6.61 Å². The number of rotatable bonds is 8. The molecular weight excluding hydrogens is 210 g/mol. The summed E-state index contributed by atoms with van der Waals surface area (Å²) in [5.74, 6) is 0. The maximum absolute atomic E-state index is 5.50. The van der Waals surface area contributed by atoms with Crippen molar-refractivity contribution in [1.82, 2.24) is 0 Å². The van der Waals surface area contributed by atoms with Gasteiger partial charge < -0.3 is 0 Å². The van der Waals surface area contributed by atoms with Crippen molar-refractivity contribution < 1.29 is 9.57 Å². The molecule has 0 aromatic carbocycles. The molecule has 2 heteroatoms. The van der Waals surface area contributed by atoms with Crippen LogP contribution in [0.2, 0.25) is 0 Å². The summed E-state index contributed by atoms with van der Waals surface area (Å²) >= 11 is 0. The number of hydrogen-bond donors (Lipinski definition) is 0. The molecule has 0 aliphatic rings. The van der Waals surface area contributed by atoms with E-state index in [0.717, 1.165) is 12.1 Å². The van der Waals surface area contributed by atoms with Crippen LogP contribution in [0.4, 0.5) is 0 Å². The van der Waals surface area contributed by atoms with Crippen molar-refractivity contribution in [2.45, 2.75) is 46.0 Å². The highest BCUT2D eigenvalue weighted by Gasteiger charge is 2.05. The number of allylic oxidation sites excluding steroid dienone is 1. The Hall–Kier alpha value is -1.31. The molecule has 1 aromatic rings. The van der Waals surface area contributed by atoms with E-state index in [1.54, 1.807) is 0 Å². The van der Waals surface area contributed by atoms with Crippen molar-refractivity contribution in [3.63, 3.8) is 0 Å². The molecule has 0 atom stereocenters. The second-order valence-electron chi connectivity index (χ2n) is 4.12. The Morgan fingerprint density at radius 2 is 2.06 bits per heavy atom. The largest absolute Gasteiger partial charge is 0.271 e. The van der Waals surface area contributed by atoms with Crippen LogP contribution >= 0.6 is 0 Å². The maximum atomic E-state index is 5.50. The quantitative estimate of drug-likeness (QED) is 0.496. The number of pyridine rings is 1. The summed E-state index contributed by atoms with van der Waals surface area (Å²) < 4.78 is 1.82. The number of hydrogen-bond acceptors (Lipinski definition) is 1. The molecule has 0 fully saturated rings. The van der Waals surface area contributed by atoms with Crippen molar-refractivity contribution in [2.24, 2.45) is 0 Å². The van der Waals surface area contributed by atoms with Crippen LogP contribution in [-0.4, -0.2) is 6.61 Å². The zero-order valence-corrected chi connectivity index (χ0v) is 11.1. The van der Waals surface area contributed by atoms with E-state index in [1.165, 1.54) is 25.7 Å². The summed E-state index contributed by atoms with van der Waals surface area (Å²) in [6.45, 7) is 4.93. The Morgan fingerprint density at radius 3 is 2.82 bits per heavy atom. The minimum absolute atomic E-state index is 0.687. The van der Waals surface area contributed by atoms with E-state index < -0.39 is 0 Å². The van der Waals surface area contributed by atoms with Gasteiger partial charge in [-0.25, -0.2) is 0 Å². The molecule has 0 aliphatic carbocycles. The number of aromatic nitrogens is 1. The van der Waals surface area contributed by atoms with E-state index >= 15 is 0 Å². The third-order valence-corrected chi connectivity index (χ3v) is 2.64. The van der Waals surface area contributed by atoms with Gasteiger partial charge in [-0.1, -0.05) is 32.3 Å². The molecule has 0 radical (unpaired) electrons. The lowest BCUT2D eigenvalue weighted by Gasteiger charge is -1.97. The van der Waals surface area contributed by atoms with Gasteiger partial charge in [0.25, 0.3) is 5.69 Å². The first kappa shape index (κ1) is 13.8. The van der Waals surface area contributed by atoms with Crippen molar-refractivity contribution >= 4 is 6.08 Å². The van der Waals surface area contributed by atoms with Gasteiger partial charge in [0.15, 0.2) is 6.61 Å². The second kappa shape index (κ2) is 8.80. The van der Waals surface area contributed by atoms with E-state index in [2.05, 4.69) is 25.1 Å². The molecule has 17 heavy (non-hydrogen) atoms. The van der Waals surface area contributed by atoms with Gasteiger partial charge in [0, 0.05) is 22.9 Å². The molecule has 0 bridgehead atoms. The topological polar surface area (TPSA) is 13.1 Å². The van der Waals surface area contributed by atoms with E-state index in [-0.39, 0.29) is 0 Å². The molecule has 0 aliphatic heterocycles. The zero-order chi connectivity index (χ0) is 12.3. The van der Waals surface area contributed by atoms with E-state index in [4.69, 9.17) is 4.84 Å². The summed E-state index contributed by atoms with van der Waals surface area (Å²) in [5.41, 5.74) is 1.10. The van der Waals surface area contributed by atoms with Gasteiger partial charge in [0.05, 0.1) is 0 Å². The van der Waals surface area contributed by atoms with Crippen LogP contribution in [0.25, 0.3) is 6.08 Å². The van der Waals surface area contributed by atoms with Gasteiger partial charge in [-0.15, -0.1) is 0 Å². The average Bonchev–Trinajstić information content (AvgIpc) is 2.36. The van der Waals surface area contributed by atoms with Gasteiger partial charge in [0.2, 0.25) is 6.20 Å². The Bertz CT molecular complexity index is 333. The van der Waals surface area contributed by atoms with Crippen LogP contribution in [-0.2, 0) is 0 Å². The minimum atomic E-state index is 0.687. The zero-order valence-electron chi connectivity index (χ0n) is 11.1. The van der Waals surface area contributed by atoms with Gasteiger partial charge in [0.1, 0.15) is 0 Å². The molecule has 0 amide bonds. The van der Waals surface area contributed by atoms with Crippen LogP contribution in [0.5, 0.6) is 0 Å². The molecule has 1 heterocycles. The number of unbranched alkanes of at least 4 members (excludes halogenated alkanes) is 4. The Morgan fingerprint density at radius 1 is 1.18 bits per heavy atom. The predicted molar refractivity (Wildman–Crippen MR) is 71.6 cm³/mol. The highest BCUT2D eigenvalue weighted by molar-refractivity contribution is 5.40. The normalized spacial score (nSPS) is 10.9. The molecule has 0 N–H and O–H groups in total. The van der Waals surface area contributed by atoms with Crippen molar-refractivity contribution in [1.29, 1.82) is 0 Å². The van der Waals surface area contributed by atoms with Gasteiger partial charge in [-0.2, -0.15) is 0 Å². The maximum Gasteiger partial charge on any atom is 0.257 e. The lowest BCUT2D eigenvalue weighted by Crippen LogP contribution is -2.44. The third-order valence-electron chi connectivity index (χ3n) is 2.64. The lowest BCUT2D eigenvalue weighted by molar-refractivity contribution is -0.892. The summed E-state index contributed by atoms with van der Waals surface area (Å²) in [7, 11) is 0. The standard InChI is InChI=1S/C15H24NO/c1-3-5-6-7-8-9-12-15-13-10-11-14-16(15)17-4-2/h9-14H,3-8H2,1-2H3/q+1. The predicted octanol–water partition coefficient (Wildman–Crippen LogP) is 3.41. The smallest absolute Gasteiger partial charge is 0.257 e. The van der Waals surface area contributed by atoms with Crippen LogP contribution in [0, 0.1) is 0 Å². The molecule has 0 saturated carbocycles. The number of nitrogens with zero attached hydrogens (tertiary/aromatic N) is 1. The molecule has 1 rings (SSSR count). The SMILES string of the molecule is CCCCCCC=Cc1cccc[n+]1OCC. The fourth-order valence-corrected chi connectivity index (χ4v) is 1.72. The van der Waals surface area contributed by atoms with Crippen molar-refractivity contribution in [3.05, 3.63) is 36.2 Å². The monoisotopic (exact) mass is 234 g/mol. The molecule has 0 saturated heterocycles. The van der Waals surface area contributed by atoms with Crippen molar-refractivity contribution in [2.75, 3.05) is 6.61 Å². The fraction of sp³-hybridized carbons (Fsp3) is 0.533. The fourth-order valence-electron chi connectivity index (χ4n) is 1.72.